The second-order valence-corrected chi connectivity index (χ2v) is 4.72. The average Bonchev–Trinajstić information content (AvgIpc) is 2.73. The molecular formula is C11H14FNOS. The average molecular weight is 227 g/mol. The first-order valence-electron chi connectivity index (χ1n) is 5.05. The summed E-state index contributed by atoms with van der Waals surface area (Å²) < 4.78 is 18.6. The van der Waals surface area contributed by atoms with Crippen molar-refractivity contribution in [3.63, 3.8) is 0 Å². The molecule has 0 spiro atoms. The Morgan fingerprint density at radius 3 is 3.07 bits per heavy atom. The number of thioether (sulfide) groups is 1. The van der Waals surface area contributed by atoms with Crippen LogP contribution in [0.3, 0.4) is 0 Å². The van der Waals surface area contributed by atoms with E-state index in [1.165, 1.54) is 6.07 Å². The number of nitrogens with two attached hydrogens (primary N) is 1. The first kappa shape index (κ1) is 10.8. The van der Waals surface area contributed by atoms with Gasteiger partial charge in [-0.1, -0.05) is 0 Å². The van der Waals surface area contributed by atoms with Gasteiger partial charge in [-0.15, -0.1) is 11.8 Å². The lowest BCUT2D eigenvalue weighted by Gasteiger charge is -2.08. The van der Waals surface area contributed by atoms with E-state index in [4.69, 9.17) is 10.5 Å². The number of nitrogen functional groups attached to an aromatic ring is 1. The van der Waals surface area contributed by atoms with E-state index in [0.717, 1.165) is 30.1 Å². The number of anilines is 1. The van der Waals surface area contributed by atoms with Crippen molar-refractivity contribution in [2.45, 2.75) is 23.8 Å². The van der Waals surface area contributed by atoms with Gasteiger partial charge in [-0.3, -0.25) is 0 Å². The van der Waals surface area contributed by atoms with Crippen molar-refractivity contribution in [2.75, 3.05) is 18.1 Å². The van der Waals surface area contributed by atoms with Crippen molar-refractivity contribution in [1.29, 1.82) is 0 Å². The second-order valence-electron chi connectivity index (χ2n) is 3.63. The van der Waals surface area contributed by atoms with Crippen LogP contribution in [0.5, 0.6) is 0 Å². The van der Waals surface area contributed by atoms with Crippen LogP contribution in [-0.2, 0) is 4.74 Å². The number of rotatable bonds is 3. The molecule has 1 aromatic rings. The Kier molecular flexibility index (Phi) is 3.49. The van der Waals surface area contributed by atoms with Crippen molar-refractivity contribution >= 4 is 17.4 Å². The summed E-state index contributed by atoms with van der Waals surface area (Å²) in [6.45, 7) is 0.862. The Bertz CT molecular complexity index is 339. The summed E-state index contributed by atoms with van der Waals surface area (Å²) in [7, 11) is 0. The van der Waals surface area contributed by atoms with E-state index < -0.39 is 0 Å². The Hall–Kier alpha value is -0.740. The summed E-state index contributed by atoms with van der Waals surface area (Å²) in [5.74, 6) is 0.552. The van der Waals surface area contributed by atoms with E-state index in [-0.39, 0.29) is 11.5 Å². The standard InChI is InChI=1S/C11H14FNOS/c12-10-6-9(3-4-11(10)13)15-7-8-2-1-5-14-8/h3-4,6,8H,1-2,5,7,13H2. The number of ether oxygens (including phenoxy) is 1. The molecule has 1 atom stereocenters. The first-order valence-corrected chi connectivity index (χ1v) is 6.03. The molecule has 1 unspecified atom stereocenters. The zero-order chi connectivity index (χ0) is 10.7. The van der Waals surface area contributed by atoms with Crippen LogP contribution in [0.25, 0.3) is 0 Å². The van der Waals surface area contributed by atoms with Gasteiger partial charge in [-0.05, 0) is 31.0 Å². The van der Waals surface area contributed by atoms with Crippen LogP contribution in [0.15, 0.2) is 23.1 Å². The molecule has 82 valence electrons. The molecule has 1 aliphatic heterocycles. The van der Waals surface area contributed by atoms with E-state index in [0.29, 0.717) is 6.10 Å². The van der Waals surface area contributed by atoms with Crippen LogP contribution >= 0.6 is 11.8 Å². The SMILES string of the molecule is Nc1ccc(SCC2CCCO2)cc1F. The number of halogens is 1. The maximum absolute atomic E-state index is 13.1. The van der Waals surface area contributed by atoms with Crippen LogP contribution < -0.4 is 5.73 Å². The zero-order valence-corrected chi connectivity index (χ0v) is 9.23. The first-order chi connectivity index (χ1) is 7.25. The summed E-state index contributed by atoms with van der Waals surface area (Å²) in [4.78, 5) is 0.914. The van der Waals surface area contributed by atoms with Crippen LogP contribution in [0.4, 0.5) is 10.1 Å². The van der Waals surface area contributed by atoms with Gasteiger partial charge in [0.1, 0.15) is 5.82 Å². The van der Waals surface area contributed by atoms with E-state index in [9.17, 15) is 4.39 Å². The van der Waals surface area contributed by atoms with Gasteiger partial charge in [-0.25, -0.2) is 4.39 Å². The molecule has 0 aromatic heterocycles. The topological polar surface area (TPSA) is 35.2 Å². The minimum Gasteiger partial charge on any atom is -0.396 e. The third-order valence-corrected chi connectivity index (χ3v) is 3.56. The van der Waals surface area contributed by atoms with Gasteiger partial charge in [0.2, 0.25) is 0 Å². The molecule has 1 fully saturated rings. The molecule has 1 saturated heterocycles. The molecule has 0 aliphatic carbocycles. The van der Waals surface area contributed by atoms with Gasteiger partial charge < -0.3 is 10.5 Å². The minimum absolute atomic E-state index is 0.205. The molecule has 0 radical (unpaired) electrons. The normalized spacial score (nSPS) is 20.7. The monoisotopic (exact) mass is 227 g/mol. The quantitative estimate of drug-likeness (QED) is 0.637. The highest BCUT2D eigenvalue weighted by atomic mass is 32.2. The molecular weight excluding hydrogens is 213 g/mol. The van der Waals surface area contributed by atoms with Gasteiger partial charge in [0.15, 0.2) is 0 Å². The Labute approximate surface area is 93.0 Å². The molecule has 2 rings (SSSR count). The molecule has 15 heavy (non-hydrogen) atoms. The Balaban J connectivity index is 1.90. The molecule has 0 saturated carbocycles. The van der Waals surface area contributed by atoms with Crippen molar-refractivity contribution < 1.29 is 9.13 Å². The van der Waals surface area contributed by atoms with Crippen molar-refractivity contribution in [1.82, 2.24) is 0 Å². The lowest BCUT2D eigenvalue weighted by Crippen LogP contribution is -2.07. The molecule has 1 aliphatic rings. The second kappa shape index (κ2) is 4.86. The molecule has 1 aromatic carbocycles. The minimum atomic E-state index is -0.340. The van der Waals surface area contributed by atoms with Crippen molar-refractivity contribution in [3.8, 4) is 0 Å². The third-order valence-electron chi connectivity index (χ3n) is 2.43. The predicted molar refractivity (Wildman–Crippen MR) is 60.5 cm³/mol. The fourth-order valence-electron chi connectivity index (χ4n) is 1.56. The smallest absolute Gasteiger partial charge is 0.147 e. The van der Waals surface area contributed by atoms with Gasteiger partial charge in [0.05, 0.1) is 11.8 Å². The van der Waals surface area contributed by atoms with Gasteiger partial charge >= 0.3 is 0 Å². The maximum Gasteiger partial charge on any atom is 0.147 e. The van der Waals surface area contributed by atoms with E-state index >= 15 is 0 Å². The zero-order valence-electron chi connectivity index (χ0n) is 8.41. The van der Waals surface area contributed by atoms with E-state index in [2.05, 4.69) is 0 Å². The lowest BCUT2D eigenvalue weighted by atomic mass is 10.3. The summed E-state index contributed by atoms with van der Waals surface area (Å²) in [5.41, 5.74) is 5.60. The van der Waals surface area contributed by atoms with Gasteiger partial charge in [0.25, 0.3) is 0 Å². The summed E-state index contributed by atoms with van der Waals surface area (Å²) in [6, 6.07) is 4.93. The molecule has 1 heterocycles. The van der Waals surface area contributed by atoms with Crippen molar-refractivity contribution in [2.24, 2.45) is 0 Å². The van der Waals surface area contributed by atoms with Gasteiger partial charge in [-0.2, -0.15) is 0 Å². The fourth-order valence-corrected chi connectivity index (χ4v) is 2.55. The number of hydrogen-bond acceptors (Lipinski definition) is 3. The van der Waals surface area contributed by atoms with Crippen LogP contribution in [0.1, 0.15) is 12.8 Å². The lowest BCUT2D eigenvalue weighted by molar-refractivity contribution is 0.129. The highest BCUT2D eigenvalue weighted by Crippen LogP contribution is 2.25. The Morgan fingerprint density at radius 2 is 2.40 bits per heavy atom. The maximum atomic E-state index is 13.1. The summed E-state index contributed by atoms with van der Waals surface area (Å²) >= 11 is 1.62. The molecule has 4 heteroatoms. The van der Waals surface area contributed by atoms with E-state index in [1.807, 2.05) is 6.07 Å². The summed E-state index contributed by atoms with van der Waals surface area (Å²) in [6.07, 6.45) is 2.59. The Morgan fingerprint density at radius 1 is 1.53 bits per heavy atom. The molecule has 0 bridgehead atoms. The van der Waals surface area contributed by atoms with Crippen LogP contribution in [-0.4, -0.2) is 18.5 Å². The summed E-state index contributed by atoms with van der Waals surface area (Å²) in [5, 5.41) is 0. The fraction of sp³-hybridized carbons (Fsp3) is 0.455. The largest absolute Gasteiger partial charge is 0.396 e. The van der Waals surface area contributed by atoms with Gasteiger partial charge in [0, 0.05) is 17.3 Å². The third kappa shape index (κ3) is 2.86. The molecule has 2 nitrogen and oxygen atoms in total. The molecule has 0 amide bonds. The number of hydrogen-bond donors (Lipinski definition) is 1. The van der Waals surface area contributed by atoms with E-state index in [1.54, 1.807) is 17.8 Å². The highest BCUT2D eigenvalue weighted by molar-refractivity contribution is 7.99. The number of benzene rings is 1. The van der Waals surface area contributed by atoms with Crippen molar-refractivity contribution in [3.05, 3.63) is 24.0 Å². The van der Waals surface area contributed by atoms with Crippen LogP contribution in [0.2, 0.25) is 0 Å². The predicted octanol–water partition coefficient (Wildman–Crippen LogP) is 2.68. The highest BCUT2D eigenvalue weighted by Gasteiger charge is 2.15. The molecule has 2 N–H and O–H groups in total. The van der Waals surface area contributed by atoms with Crippen LogP contribution in [0, 0.1) is 5.82 Å².